The van der Waals surface area contributed by atoms with Gasteiger partial charge in [-0.25, -0.2) is 8.78 Å². The minimum atomic E-state index is -0.289. The molecule has 0 atom stereocenters. The highest BCUT2D eigenvalue weighted by atomic mass is 127. The summed E-state index contributed by atoms with van der Waals surface area (Å²) in [5.41, 5.74) is 1.34. The molecule has 0 bridgehead atoms. The molecule has 2 aromatic carbocycles. The van der Waals surface area contributed by atoms with Gasteiger partial charge in [-0.05, 0) is 29.8 Å². The molecule has 3 nitrogen and oxygen atoms in total. The van der Waals surface area contributed by atoms with E-state index in [1.807, 2.05) is 6.07 Å². The smallest absolute Gasteiger partial charge is 0.191 e. The maximum atomic E-state index is 13.7. The van der Waals surface area contributed by atoms with E-state index in [9.17, 15) is 8.78 Å². The molecule has 0 heterocycles. The number of hydrogen-bond acceptors (Lipinski definition) is 1. The molecule has 0 radical (unpaired) electrons. The minimum Gasteiger partial charge on any atom is -0.352 e. The van der Waals surface area contributed by atoms with Gasteiger partial charge in [-0.3, -0.25) is 4.99 Å². The van der Waals surface area contributed by atoms with Crippen LogP contribution in [0, 0.1) is 11.6 Å². The number of halogens is 4. The Morgan fingerprint density at radius 1 is 1.09 bits per heavy atom. The van der Waals surface area contributed by atoms with Crippen molar-refractivity contribution in [2.45, 2.75) is 13.1 Å². The monoisotopic (exact) mass is 495 g/mol. The average Bonchev–Trinajstić information content (AvgIpc) is 2.49. The Labute approximate surface area is 159 Å². The van der Waals surface area contributed by atoms with Crippen LogP contribution < -0.4 is 10.6 Å². The summed E-state index contributed by atoms with van der Waals surface area (Å²) >= 11 is 3.22. The first-order valence-electron chi connectivity index (χ1n) is 6.71. The van der Waals surface area contributed by atoms with Gasteiger partial charge >= 0.3 is 0 Å². The van der Waals surface area contributed by atoms with E-state index in [0.29, 0.717) is 29.1 Å². The summed E-state index contributed by atoms with van der Waals surface area (Å²) in [6, 6.07) is 11.2. The van der Waals surface area contributed by atoms with Gasteiger partial charge in [0.05, 0.1) is 0 Å². The zero-order valence-corrected chi connectivity index (χ0v) is 16.4. The Kier molecular flexibility index (Phi) is 8.46. The lowest BCUT2D eigenvalue weighted by Gasteiger charge is -2.12. The van der Waals surface area contributed by atoms with Gasteiger partial charge in [0.15, 0.2) is 5.96 Å². The van der Waals surface area contributed by atoms with E-state index in [2.05, 4.69) is 31.6 Å². The summed E-state index contributed by atoms with van der Waals surface area (Å²) in [5, 5.41) is 6.08. The zero-order chi connectivity index (χ0) is 15.9. The molecule has 23 heavy (non-hydrogen) atoms. The van der Waals surface area contributed by atoms with Gasteiger partial charge in [-0.1, -0.05) is 34.1 Å². The van der Waals surface area contributed by atoms with E-state index < -0.39 is 0 Å². The van der Waals surface area contributed by atoms with Crippen LogP contribution in [0.25, 0.3) is 0 Å². The zero-order valence-electron chi connectivity index (χ0n) is 12.4. The molecule has 0 aromatic heterocycles. The van der Waals surface area contributed by atoms with Crippen LogP contribution in [0.5, 0.6) is 0 Å². The van der Waals surface area contributed by atoms with Crippen LogP contribution in [-0.4, -0.2) is 13.0 Å². The first kappa shape index (κ1) is 19.8. The summed E-state index contributed by atoms with van der Waals surface area (Å²) < 4.78 is 27.5. The highest BCUT2D eigenvalue weighted by molar-refractivity contribution is 14.0. The molecule has 0 saturated heterocycles. The highest BCUT2D eigenvalue weighted by Gasteiger charge is 2.04. The molecule has 0 aliphatic heterocycles. The molecule has 2 N–H and O–H groups in total. The van der Waals surface area contributed by atoms with Crippen molar-refractivity contribution in [2.24, 2.45) is 4.99 Å². The maximum Gasteiger partial charge on any atom is 0.191 e. The molecular formula is C16H17BrF2IN3. The fourth-order valence-corrected chi connectivity index (χ4v) is 2.23. The van der Waals surface area contributed by atoms with Gasteiger partial charge in [0.2, 0.25) is 0 Å². The maximum absolute atomic E-state index is 13.7. The fourth-order valence-electron chi connectivity index (χ4n) is 1.90. The largest absolute Gasteiger partial charge is 0.352 e. The quantitative estimate of drug-likeness (QED) is 0.378. The van der Waals surface area contributed by atoms with Crippen LogP contribution in [0.2, 0.25) is 0 Å². The first-order valence-corrected chi connectivity index (χ1v) is 7.50. The predicted molar refractivity (Wildman–Crippen MR) is 103 cm³/mol. The number of guanidine groups is 1. The molecule has 2 rings (SSSR count). The molecule has 0 spiro atoms. The van der Waals surface area contributed by atoms with Crippen LogP contribution in [0.15, 0.2) is 51.9 Å². The van der Waals surface area contributed by atoms with Crippen molar-refractivity contribution in [1.82, 2.24) is 10.6 Å². The summed E-state index contributed by atoms with van der Waals surface area (Å²) in [7, 11) is 1.62. The summed E-state index contributed by atoms with van der Waals surface area (Å²) in [5.74, 6) is -0.0479. The molecule has 7 heteroatoms. The van der Waals surface area contributed by atoms with Gasteiger partial charge in [-0.2, -0.15) is 0 Å². The van der Waals surface area contributed by atoms with Crippen LogP contribution in [0.1, 0.15) is 11.1 Å². The molecule has 0 aliphatic rings. The summed E-state index contributed by atoms with van der Waals surface area (Å²) in [4.78, 5) is 4.06. The van der Waals surface area contributed by atoms with Gasteiger partial charge in [-0.15, -0.1) is 24.0 Å². The number of nitrogens with zero attached hydrogens (tertiary/aromatic N) is 1. The molecule has 0 unspecified atom stereocenters. The van der Waals surface area contributed by atoms with Crippen LogP contribution in [0.4, 0.5) is 8.78 Å². The molecule has 0 saturated carbocycles. The van der Waals surface area contributed by atoms with Crippen LogP contribution in [-0.2, 0) is 13.1 Å². The van der Waals surface area contributed by atoms with Gasteiger partial charge in [0.25, 0.3) is 0 Å². The average molecular weight is 496 g/mol. The Morgan fingerprint density at radius 3 is 2.48 bits per heavy atom. The van der Waals surface area contributed by atoms with E-state index in [-0.39, 0.29) is 35.6 Å². The molecular weight excluding hydrogens is 479 g/mol. The van der Waals surface area contributed by atoms with E-state index in [1.54, 1.807) is 25.2 Å². The predicted octanol–water partition coefficient (Wildman–Crippen LogP) is 4.21. The highest BCUT2D eigenvalue weighted by Crippen LogP contribution is 2.15. The SMILES string of the molecule is CN=C(NCc1cccc(F)c1)NCc1ccc(Br)cc1F.I. The van der Waals surface area contributed by atoms with Gasteiger partial charge in [0.1, 0.15) is 11.6 Å². The van der Waals surface area contributed by atoms with Crippen molar-refractivity contribution < 1.29 is 8.78 Å². The van der Waals surface area contributed by atoms with E-state index >= 15 is 0 Å². The Balaban J connectivity index is 0.00000264. The summed E-state index contributed by atoms with van der Waals surface area (Å²) in [6.07, 6.45) is 0. The fraction of sp³-hybridized carbons (Fsp3) is 0.188. The van der Waals surface area contributed by atoms with Gasteiger partial charge in [0, 0.05) is 30.2 Å². The molecule has 0 aliphatic carbocycles. The summed E-state index contributed by atoms with van der Waals surface area (Å²) in [6.45, 7) is 0.738. The second-order valence-electron chi connectivity index (χ2n) is 4.64. The number of hydrogen-bond donors (Lipinski definition) is 2. The van der Waals surface area contributed by atoms with Crippen LogP contribution in [0.3, 0.4) is 0 Å². The van der Waals surface area contributed by atoms with E-state index in [1.165, 1.54) is 18.2 Å². The third-order valence-corrected chi connectivity index (χ3v) is 3.53. The topological polar surface area (TPSA) is 36.4 Å². The van der Waals surface area contributed by atoms with Gasteiger partial charge < -0.3 is 10.6 Å². The third-order valence-electron chi connectivity index (χ3n) is 3.03. The Morgan fingerprint density at radius 2 is 1.83 bits per heavy atom. The van der Waals surface area contributed by atoms with Crippen molar-refractivity contribution >= 4 is 45.9 Å². The minimum absolute atomic E-state index is 0. The lowest BCUT2D eigenvalue weighted by molar-refractivity contribution is 0.603. The molecule has 2 aromatic rings. The molecule has 0 fully saturated rings. The van der Waals surface area contributed by atoms with Crippen molar-refractivity contribution in [3.05, 3.63) is 69.7 Å². The molecule has 0 amide bonds. The van der Waals surface area contributed by atoms with Crippen LogP contribution >= 0.6 is 39.9 Å². The number of aliphatic imine (C=N–C) groups is 1. The van der Waals surface area contributed by atoms with Crippen molar-refractivity contribution in [3.8, 4) is 0 Å². The second kappa shape index (κ2) is 9.82. The Hall–Kier alpha value is -1.22. The first-order chi connectivity index (χ1) is 10.6. The van der Waals surface area contributed by atoms with Crippen molar-refractivity contribution in [3.63, 3.8) is 0 Å². The number of rotatable bonds is 4. The normalized spacial score (nSPS) is 10.9. The lowest BCUT2D eigenvalue weighted by Crippen LogP contribution is -2.36. The lowest BCUT2D eigenvalue weighted by atomic mass is 10.2. The van der Waals surface area contributed by atoms with E-state index in [0.717, 1.165) is 5.56 Å². The van der Waals surface area contributed by atoms with E-state index in [4.69, 9.17) is 0 Å². The van der Waals surface area contributed by atoms with Crippen molar-refractivity contribution in [2.75, 3.05) is 7.05 Å². The second-order valence-corrected chi connectivity index (χ2v) is 5.56. The molecule has 124 valence electrons. The third kappa shape index (κ3) is 6.42. The number of nitrogens with one attached hydrogen (secondary N) is 2. The van der Waals surface area contributed by atoms with Crippen molar-refractivity contribution in [1.29, 1.82) is 0 Å². The Bertz CT molecular complexity index is 680. The standard InChI is InChI=1S/C16H16BrF2N3.HI/c1-20-16(21-9-11-3-2-4-14(18)7-11)22-10-12-5-6-13(17)8-15(12)19;/h2-8H,9-10H2,1H3,(H2,20,21,22);1H. The number of benzene rings is 2.